The number of carbonyl (C=O) groups is 2. The first-order valence-electron chi connectivity index (χ1n) is 12.2. The van der Waals surface area contributed by atoms with Gasteiger partial charge >= 0.3 is 0 Å². The van der Waals surface area contributed by atoms with Crippen LogP contribution in [0, 0.1) is 13.8 Å². The van der Waals surface area contributed by atoms with Gasteiger partial charge in [0.25, 0.3) is 0 Å². The molecule has 5 heteroatoms. The van der Waals surface area contributed by atoms with E-state index in [1.165, 1.54) is 6.42 Å². The normalized spacial score (nSPS) is 15.0. The third-order valence-corrected chi connectivity index (χ3v) is 6.70. The Kier molecular flexibility index (Phi) is 8.93. The maximum atomic E-state index is 13.6. The van der Waals surface area contributed by atoms with Crippen LogP contribution in [-0.2, 0) is 22.6 Å². The molecule has 1 atom stereocenters. The molecule has 178 valence electrons. The van der Waals surface area contributed by atoms with Crippen LogP contribution < -0.4 is 10.1 Å². The molecule has 1 saturated carbocycles. The van der Waals surface area contributed by atoms with Gasteiger partial charge in [-0.2, -0.15) is 0 Å². The summed E-state index contributed by atoms with van der Waals surface area (Å²) in [6, 6.07) is 13.6. The lowest BCUT2D eigenvalue weighted by Gasteiger charge is -2.33. The zero-order valence-corrected chi connectivity index (χ0v) is 20.5. The van der Waals surface area contributed by atoms with Crippen LogP contribution >= 0.6 is 0 Å². The summed E-state index contributed by atoms with van der Waals surface area (Å²) in [6.07, 6.45) is 6.46. The number of ether oxygens (including phenoxy) is 1. The van der Waals surface area contributed by atoms with E-state index in [0.29, 0.717) is 13.0 Å². The highest BCUT2D eigenvalue weighted by atomic mass is 16.5. The lowest BCUT2D eigenvalue weighted by Crippen LogP contribution is -2.52. The number of benzene rings is 2. The summed E-state index contributed by atoms with van der Waals surface area (Å²) in [7, 11) is 1.64. The van der Waals surface area contributed by atoms with Gasteiger partial charge in [-0.3, -0.25) is 9.59 Å². The molecular formula is C28H38N2O3. The molecule has 0 aromatic heterocycles. The molecule has 0 unspecified atom stereocenters. The van der Waals surface area contributed by atoms with Gasteiger partial charge in [-0.1, -0.05) is 62.1 Å². The van der Waals surface area contributed by atoms with E-state index in [1.54, 1.807) is 12.0 Å². The first kappa shape index (κ1) is 24.8. The second-order valence-corrected chi connectivity index (χ2v) is 9.24. The number of amides is 2. The Labute approximate surface area is 198 Å². The molecule has 33 heavy (non-hydrogen) atoms. The van der Waals surface area contributed by atoms with Crippen molar-refractivity contribution in [3.63, 3.8) is 0 Å². The second kappa shape index (κ2) is 11.9. The molecule has 0 saturated heterocycles. The molecule has 0 radical (unpaired) electrons. The quantitative estimate of drug-likeness (QED) is 0.577. The van der Waals surface area contributed by atoms with Crippen LogP contribution in [0.3, 0.4) is 0 Å². The summed E-state index contributed by atoms with van der Waals surface area (Å²) in [5.74, 6) is 0.714. The minimum Gasteiger partial charge on any atom is -0.497 e. The van der Waals surface area contributed by atoms with Gasteiger partial charge in [-0.25, -0.2) is 0 Å². The third-order valence-electron chi connectivity index (χ3n) is 6.70. The molecule has 1 aliphatic rings. The van der Waals surface area contributed by atoms with E-state index in [4.69, 9.17) is 4.74 Å². The van der Waals surface area contributed by atoms with Crippen LogP contribution in [0.2, 0.25) is 0 Å². The molecule has 1 fully saturated rings. The maximum Gasteiger partial charge on any atom is 0.243 e. The zero-order chi connectivity index (χ0) is 23.8. The van der Waals surface area contributed by atoms with Gasteiger partial charge in [0.1, 0.15) is 11.8 Å². The van der Waals surface area contributed by atoms with Crippen molar-refractivity contribution in [2.45, 2.75) is 84.3 Å². The average Bonchev–Trinajstić information content (AvgIpc) is 2.82. The molecule has 1 N–H and O–H groups in total. The number of hydrogen-bond acceptors (Lipinski definition) is 3. The van der Waals surface area contributed by atoms with E-state index in [9.17, 15) is 9.59 Å². The Morgan fingerprint density at radius 3 is 2.39 bits per heavy atom. The van der Waals surface area contributed by atoms with Crippen LogP contribution in [0.25, 0.3) is 0 Å². The Morgan fingerprint density at radius 1 is 1.06 bits per heavy atom. The summed E-state index contributed by atoms with van der Waals surface area (Å²) in [4.78, 5) is 28.7. The maximum absolute atomic E-state index is 13.6. The fraction of sp³-hybridized carbons (Fsp3) is 0.500. The number of aryl methyl sites for hydroxylation is 2. The van der Waals surface area contributed by atoms with Crippen molar-refractivity contribution in [3.05, 3.63) is 64.7 Å². The fourth-order valence-corrected chi connectivity index (χ4v) is 4.65. The van der Waals surface area contributed by atoms with E-state index < -0.39 is 6.04 Å². The molecule has 1 aliphatic carbocycles. The minimum atomic E-state index is -0.494. The molecule has 2 amide bonds. The van der Waals surface area contributed by atoms with Gasteiger partial charge in [0.2, 0.25) is 11.8 Å². The highest BCUT2D eigenvalue weighted by Crippen LogP contribution is 2.21. The molecule has 0 spiro atoms. The van der Waals surface area contributed by atoms with Gasteiger partial charge in [0, 0.05) is 12.6 Å². The van der Waals surface area contributed by atoms with Crippen molar-refractivity contribution in [3.8, 4) is 5.75 Å². The van der Waals surface area contributed by atoms with E-state index in [0.717, 1.165) is 53.7 Å². The fourth-order valence-electron chi connectivity index (χ4n) is 4.65. The van der Waals surface area contributed by atoms with Crippen LogP contribution in [0.4, 0.5) is 0 Å². The van der Waals surface area contributed by atoms with Gasteiger partial charge < -0.3 is 15.0 Å². The molecule has 0 heterocycles. The molecule has 5 nitrogen and oxygen atoms in total. The minimum absolute atomic E-state index is 0.0230. The molecule has 0 aliphatic heterocycles. The number of carbonyl (C=O) groups excluding carboxylic acids is 2. The van der Waals surface area contributed by atoms with E-state index in [1.807, 2.05) is 45.0 Å². The predicted molar refractivity (Wildman–Crippen MR) is 132 cm³/mol. The van der Waals surface area contributed by atoms with Crippen LogP contribution in [0.1, 0.15) is 67.7 Å². The third kappa shape index (κ3) is 6.83. The Hall–Kier alpha value is -2.82. The van der Waals surface area contributed by atoms with Gasteiger partial charge in [-0.05, 0) is 61.9 Å². The number of rotatable bonds is 9. The molecule has 2 aromatic rings. The van der Waals surface area contributed by atoms with Crippen molar-refractivity contribution in [1.82, 2.24) is 10.2 Å². The largest absolute Gasteiger partial charge is 0.497 e. The van der Waals surface area contributed by atoms with E-state index in [-0.39, 0.29) is 24.3 Å². The number of nitrogens with zero attached hydrogens (tertiary/aromatic N) is 1. The van der Waals surface area contributed by atoms with Gasteiger partial charge in [-0.15, -0.1) is 0 Å². The van der Waals surface area contributed by atoms with Crippen LogP contribution in [0.15, 0.2) is 42.5 Å². The predicted octanol–water partition coefficient (Wildman–Crippen LogP) is 5.11. The standard InChI is InChI=1S/C28H38N2O3/c1-5-26(28(32)29-24-9-7-6-8-10-24)30(19-22-13-15-25(33-4)16-14-22)27(31)18-23-17-20(2)11-12-21(23)3/h11-17,24,26H,5-10,18-19H2,1-4H3,(H,29,32)/t26-/m1/s1. The lowest BCUT2D eigenvalue weighted by atomic mass is 9.95. The summed E-state index contributed by atoms with van der Waals surface area (Å²) < 4.78 is 5.27. The van der Waals surface area contributed by atoms with Crippen molar-refractivity contribution in [2.24, 2.45) is 0 Å². The van der Waals surface area contributed by atoms with Crippen molar-refractivity contribution in [2.75, 3.05) is 7.11 Å². The highest BCUT2D eigenvalue weighted by molar-refractivity contribution is 5.88. The van der Waals surface area contributed by atoms with Crippen molar-refractivity contribution < 1.29 is 14.3 Å². The summed E-state index contributed by atoms with van der Waals surface area (Å²) in [5, 5.41) is 3.24. The molecular weight excluding hydrogens is 412 g/mol. The van der Waals surface area contributed by atoms with Crippen molar-refractivity contribution >= 4 is 11.8 Å². The number of methoxy groups -OCH3 is 1. The molecule has 3 rings (SSSR count). The zero-order valence-electron chi connectivity index (χ0n) is 20.5. The smallest absolute Gasteiger partial charge is 0.243 e. The van der Waals surface area contributed by atoms with Crippen molar-refractivity contribution in [1.29, 1.82) is 0 Å². The first-order chi connectivity index (χ1) is 15.9. The Bertz CT molecular complexity index is 933. The first-order valence-corrected chi connectivity index (χ1v) is 12.2. The Morgan fingerprint density at radius 2 is 1.76 bits per heavy atom. The summed E-state index contributed by atoms with van der Waals surface area (Å²) >= 11 is 0. The monoisotopic (exact) mass is 450 g/mol. The second-order valence-electron chi connectivity index (χ2n) is 9.24. The summed E-state index contributed by atoms with van der Waals surface area (Å²) in [5.41, 5.74) is 4.22. The number of nitrogens with one attached hydrogen (secondary N) is 1. The molecule has 0 bridgehead atoms. The topological polar surface area (TPSA) is 58.6 Å². The Balaban J connectivity index is 1.83. The average molecular weight is 451 g/mol. The van der Waals surface area contributed by atoms with Crippen LogP contribution in [-0.4, -0.2) is 35.9 Å². The van der Waals surface area contributed by atoms with Gasteiger partial charge in [0.05, 0.1) is 13.5 Å². The lowest BCUT2D eigenvalue weighted by molar-refractivity contribution is -0.141. The SMILES string of the molecule is CC[C@H](C(=O)NC1CCCCC1)N(Cc1ccc(OC)cc1)C(=O)Cc1cc(C)ccc1C. The van der Waals surface area contributed by atoms with E-state index in [2.05, 4.69) is 23.5 Å². The summed E-state index contributed by atoms with van der Waals surface area (Å²) in [6.45, 7) is 6.44. The van der Waals surface area contributed by atoms with Crippen LogP contribution in [0.5, 0.6) is 5.75 Å². The van der Waals surface area contributed by atoms with E-state index >= 15 is 0 Å². The highest BCUT2D eigenvalue weighted by Gasteiger charge is 2.30. The van der Waals surface area contributed by atoms with Gasteiger partial charge in [0.15, 0.2) is 0 Å². The molecule has 2 aromatic carbocycles. The number of hydrogen-bond donors (Lipinski definition) is 1.